The summed E-state index contributed by atoms with van der Waals surface area (Å²) in [6, 6.07) is 9.17. The Morgan fingerprint density at radius 2 is 2.03 bits per heavy atom. The number of hydrogen-bond donors (Lipinski definition) is 1. The fourth-order valence-corrected chi connectivity index (χ4v) is 3.85. The summed E-state index contributed by atoms with van der Waals surface area (Å²) in [5.74, 6) is -2.56. The minimum Gasteiger partial charge on any atom is -0.495 e. The smallest absolute Gasteiger partial charge is 0.266 e. The number of nitriles is 1. The number of methoxy groups -OCH3 is 1. The molecule has 0 radical (unpaired) electrons. The molecule has 0 aliphatic rings. The lowest BCUT2D eigenvalue weighted by Crippen LogP contribution is -2.23. The number of thiazole rings is 1. The van der Waals surface area contributed by atoms with Gasteiger partial charge in [-0.15, -0.1) is 11.3 Å². The summed E-state index contributed by atoms with van der Waals surface area (Å²) < 4.78 is 32.5. The molecule has 11 heteroatoms. The van der Waals surface area contributed by atoms with Gasteiger partial charge in [-0.3, -0.25) is 14.5 Å². The van der Waals surface area contributed by atoms with Crippen molar-refractivity contribution >= 4 is 57.3 Å². The lowest BCUT2D eigenvalue weighted by atomic mass is 10.2. The normalized spacial score (nSPS) is 11.0. The highest BCUT2D eigenvalue weighted by molar-refractivity contribution is 7.14. The van der Waals surface area contributed by atoms with Crippen molar-refractivity contribution in [2.75, 3.05) is 17.3 Å². The Bertz CT molecular complexity index is 1300. The molecular weight excluding hydrogens is 474 g/mol. The molecule has 1 N–H and O–H groups in total. The Kier molecular flexibility index (Phi) is 7.37. The number of carbonyl (C=O) groups is 2. The lowest BCUT2D eigenvalue weighted by molar-refractivity contribution is -0.116. The van der Waals surface area contributed by atoms with E-state index in [1.807, 2.05) is 0 Å². The van der Waals surface area contributed by atoms with Gasteiger partial charge in [0.15, 0.2) is 5.13 Å². The molecule has 0 fully saturated rings. The molecule has 2 aromatic carbocycles. The number of nitrogens with one attached hydrogen (secondary N) is 1. The number of halogens is 3. The first-order chi connectivity index (χ1) is 15.7. The van der Waals surface area contributed by atoms with Crippen molar-refractivity contribution in [1.29, 1.82) is 5.26 Å². The number of carbonyl (C=O) groups excluding carboxylic acids is 2. The molecule has 33 heavy (non-hydrogen) atoms. The van der Waals surface area contributed by atoms with E-state index < -0.39 is 23.4 Å². The average molecular weight is 489 g/mol. The number of amides is 2. The topological polar surface area (TPSA) is 95.3 Å². The van der Waals surface area contributed by atoms with Crippen LogP contribution in [0.3, 0.4) is 0 Å². The molecule has 0 aliphatic carbocycles. The van der Waals surface area contributed by atoms with Crippen LogP contribution in [0, 0.1) is 23.0 Å². The minimum absolute atomic E-state index is 0.0823. The molecule has 3 rings (SSSR count). The number of aromatic nitrogens is 1. The second kappa shape index (κ2) is 10.2. The summed E-state index contributed by atoms with van der Waals surface area (Å²) >= 11 is 7.02. The third-order valence-electron chi connectivity index (χ3n) is 4.23. The van der Waals surface area contributed by atoms with E-state index in [0.717, 1.165) is 28.4 Å². The molecule has 3 aromatic rings. The van der Waals surface area contributed by atoms with Crippen LogP contribution in [0.1, 0.15) is 12.6 Å². The van der Waals surface area contributed by atoms with Crippen LogP contribution < -0.4 is 15.0 Å². The van der Waals surface area contributed by atoms with Crippen LogP contribution in [-0.2, 0) is 9.59 Å². The Morgan fingerprint density at radius 3 is 2.64 bits per heavy atom. The predicted molar refractivity (Wildman–Crippen MR) is 122 cm³/mol. The number of anilines is 3. The zero-order valence-electron chi connectivity index (χ0n) is 17.2. The molecule has 1 heterocycles. The van der Waals surface area contributed by atoms with E-state index in [2.05, 4.69) is 10.3 Å². The number of rotatable bonds is 6. The summed E-state index contributed by atoms with van der Waals surface area (Å²) in [5, 5.41) is 13.8. The van der Waals surface area contributed by atoms with E-state index in [9.17, 15) is 23.6 Å². The molecule has 168 valence electrons. The van der Waals surface area contributed by atoms with E-state index in [0.29, 0.717) is 17.5 Å². The monoisotopic (exact) mass is 488 g/mol. The summed E-state index contributed by atoms with van der Waals surface area (Å²) in [4.78, 5) is 29.8. The van der Waals surface area contributed by atoms with Gasteiger partial charge in [-0.1, -0.05) is 11.6 Å². The third-order valence-corrected chi connectivity index (χ3v) is 5.37. The Labute approximate surface area is 196 Å². The molecule has 0 aliphatic heterocycles. The van der Waals surface area contributed by atoms with Crippen molar-refractivity contribution in [3.05, 3.63) is 69.7 Å². The minimum atomic E-state index is -0.937. The summed E-state index contributed by atoms with van der Waals surface area (Å²) in [6.45, 7) is 1.20. The second-order valence-corrected chi connectivity index (χ2v) is 7.72. The molecular formula is C22H15ClF2N4O3S. The van der Waals surface area contributed by atoms with Crippen molar-refractivity contribution in [1.82, 2.24) is 4.98 Å². The first kappa shape index (κ1) is 23.8. The third kappa shape index (κ3) is 5.52. The molecule has 0 saturated carbocycles. The van der Waals surface area contributed by atoms with Crippen molar-refractivity contribution in [3.8, 4) is 11.8 Å². The fraction of sp³-hybridized carbons (Fsp3) is 0.0909. The Balaban J connectivity index is 1.86. The van der Waals surface area contributed by atoms with Crippen LogP contribution in [-0.4, -0.2) is 23.9 Å². The number of ether oxygens (including phenoxy) is 1. The van der Waals surface area contributed by atoms with Crippen LogP contribution in [0.2, 0.25) is 5.02 Å². The Morgan fingerprint density at radius 1 is 1.27 bits per heavy atom. The van der Waals surface area contributed by atoms with E-state index in [-0.39, 0.29) is 27.1 Å². The first-order valence-corrected chi connectivity index (χ1v) is 10.5. The van der Waals surface area contributed by atoms with Gasteiger partial charge in [0.2, 0.25) is 5.91 Å². The molecule has 7 nitrogen and oxygen atoms in total. The van der Waals surface area contributed by atoms with Crippen LogP contribution in [0.25, 0.3) is 6.08 Å². The van der Waals surface area contributed by atoms with Crippen molar-refractivity contribution < 1.29 is 23.1 Å². The number of nitrogens with zero attached hydrogens (tertiary/aromatic N) is 3. The number of hydrogen-bond acceptors (Lipinski definition) is 6. The zero-order valence-corrected chi connectivity index (χ0v) is 18.8. The molecule has 2 amide bonds. The maximum atomic E-state index is 14.2. The maximum Gasteiger partial charge on any atom is 0.266 e. The lowest BCUT2D eigenvalue weighted by Gasteiger charge is -2.18. The standard InChI is InChI=1S/C22H15ClF2N4O3S/c1-12(30)29(19-5-3-14(24)8-18(19)25)22-28-16(11-33-22)7-13(10-26)21(31)27-15-4-6-20(32-2)17(23)9-15/h3-9,11H,1-2H3,(H,27,31)/b13-7+. The van der Waals surface area contributed by atoms with E-state index in [1.165, 1.54) is 31.6 Å². The van der Waals surface area contributed by atoms with Gasteiger partial charge in [-0.2, -0.15) is 5.26 Å². The highest BCUT2D eigenvalue weighted by Crippen LogP contribution is 2.32. The van der Waals surface area contributed by atoms with Gasteiger partial charge in [0.05, 0.1) is 23.5 Å². The molecule has 0 bridgehead atoms. The van der Waals surface area contributed by atoms with Gasteiger partial charge in [0.25, 0.3) is 5.91 Å². The molecule has 1 aromatic heterocycles. The quantitative estimate of drug-likeness (QED) is 0.374. The van der Waals surface area contributed by atoms with Crippen molar-refractivity contribution in [3.63, 3.8) is 0 Å². The molecule has 0 unspecified atom stereocenters. The fourth-order valence-electron chi connectivity index (χ4n) is 2.75. The highest BCUT2D eigenvalue weighted by Gasteiger charge is 2.22. The van der Waals surface area contributed by atoms with Gasteiger partial charge in [0.1, 0.15) is 29.0 Å². The van der Waals surface area contributed by atoms with E-state index in [4.69, 9.17) is 16.3 Å². The summed E-state index contributed by atoms with van der Waals surface area (Å²) in [7, 11) is 1.45. The van der Waals surface area contributed by atoms with Crippen LogP contribution in [0.4, 0.5) is 25.3 Å². The van der Waals surface area contributed by atoms with Crippen molar-refractivity contribution in [2.45, 2.75) is 6.92 Å². The highest BCUT2D eigenvalue weighted by atomic mass is 35.5. The van der Waals surface area contributed by atoms with Gasteiger partial charge >= 0.3 is 0 Å². The van der Waals surface area contributed by atoms with Gasteiger partial charge < -0.3 is 10.1 Å². The van der Waals surface area contributed by atoms with Gasteiger partial charge in [-0.25, -0.2) is 13.8 Å². The maximum absolute atomic E-state index is 14.2. The van der Waals surface area contributed by atoms with Gasteiger partial charge in [-0.05, 0) is 36.4 Å². The molecule has 0 atom stereocenters. The SMILES string of the molecule is COc1ccc(NC(=O)/C(C#N)=C/c2csc(N(C(C)=O)c3ccc(F)cc3F)n2)cc1Cl. The largest absolute Gasteiger partial charge is 0.495 e. The van der Waals surface area contributed by atoms with Crippen LogP contribution >= 0.6 is 22.9 Å². The van der Waals surface area contributed by atoms with Crippen LogP contribution in [0.5, 0.6) is 5.75 Å². The Hall–Kier alpha value is -3.81. The zero-order chi connectivity index (χ0) is 24.1. The predicted octanol–water partition coefficient (Wildman–Crippen LogP) is 5.31. The summed E-state index contributed by atoms with van der Waals surface area (Å²) in [5.41, 5.74) is 0.105. The molecule has 0 spiro atoms. The van der Waals surface area contributed by atoms with E-state index in [1.54, 1.807) is 18.2 Å². The number of benzene rings is 2. The van der Waals surface area contributed by atoms with Gasteiger partial charge in [0, 0.05) is 24.1 Å². The average Bonchev–Trinajstić information content (AvgIpc) is 3.21. The summed E-state index contributed by atoms with van der Waals surface area (Å²) in [6.07, 6.45) is 1.22. The van der Waals surface area contributed by atoms with Crippen molar-refractivity contribution in [2.24, 2.45) is 0 Å². The molecule has 0 saturated heterocycles. The van der Waals surface area contributed by atoms with Crippen LogP contribution in [0.15, 0.2) is 47.4 Å². The first-order valence-electron chi connectivity index (χ1n) is 9.21. The van der Waals surface area contributed by atoms with E-state index >= 15 is 0 Å². The second-order valence-electron chi connectivity index (χ2n) is 6.48.